The fourth-order valence-electron chi connectivity index (χ4n) is 3.39. The SMILES string of the molecule is CCOc1ncccc1C(=O)Nc1cccc(-c2ccc3nnc(-c4cccnc4)n3n2)c1. The molecular formula is C24H19N7O2. The van der Waals surface area contributed by atoms with Crippen molar-refractivity contribution in [3.05, 3.63) is 84.8 Å². The molecule has 0 aliphatic carbocycles. The van der Waals surface area contributed by atoms with Crippen LogP contribution in [0.2, 0.25) is 0 Å². The molecule has 0 unspecified atom stereocenters. The zero-order valence-electron chi connectivity index (χ0n) is 17.7. The first-order chi connectivity index (χ1) is 16.2. The Bertz CT molecular complexity index is 1430. The van der Waals surface area contributed by atoms with Crippen LogP contribution in [-0.2, 0) is 0 Å². The molecule has 9 nitrogen and oxygen atoms in total. The molecule has 5 aromatic rings. The second-order valence-electron chi connectivity index (χ2n) is 7.08. The van der Waals surface area contributed by atoms with Crippen LogP contribution in [0.4, 0.5) is 5.69 Å². The van der Waals surface area contributed by atoms with Gasteiger partial charge in [-0.2, -0.15) is 9.61 Å². The molecule has 1 aromatic carbocycles. The summed E-state index contributed by atoms with van der Waals surface area (Å²) >= 11 is 0. The van der Waals surface area contributed by atoms with Crippen LogP contribution in [0.1, 0.15) is 17.3 Å². The van der Waals surface area contributed by atoms with Gasteiger partial charge in [-0.25, -0.2) is 4.98 Å². The Morgan fingerprint density at radius 1 is 1.00 bits per heavy atom. The van der Waals surface area contributed by atoms with Gasteiger partial charge in [-0.15, -0.1) is 10.2 Å². The fraction of sp³-hybridized carbons (Fsp3) is 0.0833. The maximum Gasteiger partial charge on any atom is 0.261 e. The number of aromatic nitrogens is 6. The first-order valence-corrected chi connectivity index (χ1v) is 10.4. The molecule has 4 aromatic heterocycles. The molecule has 9 heteroatoms. The number of hydrogen-bond donors (Lipinski definition) is 1. The minimum Gasteiger partial charge on any atom is -0.477 e. The highest BCUT2D eigenvalue weighted by molar-refractivity contribution is 6.06. The molecule has 0 aliphatic rings. The molecular weight excluding hydrogens is 418 g/mol. The lowest BCUT2D eigenvalue weighted by atomic mass is 10.1. The number of carbonyl (C=O) groups is 1. The van der Waals surface area contributed by atoms with Gasteiger partial charge in [-0.1, -0.05) is 12.1 Å². The number of benzene rings is 1. The van der Waals surface area contributed by atoms with Crippen LogP contribution in [0.3, 0.4) is 0 Å². The summed E-state index contributed by atoms with van der Waals surface area (Å²) in [5, 5.41) is 16.1. The maximum absolute atomic E-state index is 12.8. The average Bonchev–Trinajstić information content (AvgIpc) is 3.29. The van der Waals surface area contributed by atoms with Crippen molar-refractivity contribution < 1.29 is 9.53 Å². The number of carbonyl (C=O) groups excluding carboxylic acids is 1. The van der Waals surface area contributed by atoms with Crippen LogP contribution in [0.25, 0.3) is 28.3 Å². The van der Waals surface area contributed by atoms with Gasteiger partial charge in [-0.05, 0) is 55.5 Å². The molecule has 0 spiro atoms. The molecule has 0 bridgehead atoms. The van der Waals surface area contributed by atoms with Gasteiger partial charge in [0, 0.05) is 35.4 Å². The second-order valence-corrected chi connectivity index (χ2v) is 7.08. The summed E-state index contributed by atoms with van der Waals surface area (Å²) in [6.07, 6.45) is 5.01. The van der Waals surface area contributed by atoms with E-state index in [0.717, 1.165) is 11.1 Å². The predicted octanol–water partition coefficient (Wildman–Crippen LogP) is 3.90. The molecule has 5 rings (SSSR count). The van der Waals surface area contributed by atoms with Crippen molar-refractivity contribution in [3.8, 4) is 28.5 Å². The number of anilines is 1. The van der Waals surface area contributed by atoms with E-state index >= 15 is 0 Å². The van der Waals surface area contributed by atoms with Crippen molar-refractivity contribution in [1.29, 1.82) is 0 Å². The topological polar surface area (TPSA) is 107 Å². The Hall–Kier alpha value is -4.66. The number of pyridine rings is 2. The number of nitrogens with zero attached hydrogens (tertiary/aromatic N) is 6. The molecule has 33 heavy (non-hydrogen) atoms. The van der Waals surface area contributed by atoms with Gasteiger partial charge in [0.2, 0.25) is 5.88 Å². The largest absolute Gasteiger partial charge is 0.477 e. The highest BCUT2D eigenvalue weighted by Crippen LogP contribution is 2.24. The first kappa shape index (κ1) is 20.3. The normalized spacial score (nSPS) is 10.8. The molecule has 0 aliphatic heterocycles. The van der Waals surface area contributed by atoms with Crippen LogP contribution in [0.5, 0.6) is 5.88 Å². The van der Waals surface area contributed by atoms with Crippen molar-refractivity contribution in [2.75, 3.05) is 11.9 Å². The van der Waals surface area contributed by atoms with Gasteiger partial charge in [0.05, 0.1) is 12.3 Å². The Kier molecular flexibility index (Phi) is 5.42. The van der Waals surface area contributed by atoms with Gasteiger partial charge in [0.1, 0.15) is 5.56 Å². The predicted molar refractivity (Wildman–Crippen MR) is 123 cm³/mol. The Morgan fingerprint density at radius 2 is 1.88 bits per heavy atom. The lowest BCUT2D eigenvalue weighted by Gasteiger charge is -2.10. The average molecular weight is 437 g/mol. The summed E-state index contributed by atoms with van der Waals surface area (Å²) in [6, 6.07) is 18.3. The minimum atomic E-state index is -0.301. The standard InChI is InChI=1S/C24H19N7O2/c1-2-33-24-19(9-5-13-26-24)23(32)27-18-8-3-6-16(14-18)20-10-11-21-28-29-22(31(21)30-20)17-7-4-12-25-15-17/h3-15H,2H2,1H3,(H,27,32). The Morgan fingerprint density at radius 3 is 2.73 bits per heavy atom. The van der Waals surface area contributed by atoms with Gasteiger partial charge in [0.15, 0.2) is 11.5 Å². The molecule has 0 saturated carbocycles. The Labute approximate surface area is 189 Å². The van der Waals surface area contributed by atoms with E-state index < -0.39 is 0 Å². The molecule has 1 amide bonds. The van der Waals surface area contributed by atoms with Crippen LogP contribution < -0.4 is 10.1 Å². The number of amides is 1. The quantitative estimate of drug-likeness (QED) is 0.429. The summed E-state index contributed by atoms with van der Waals surface area (Å²) < 4.78 is 7.15. The van der Waals surface area contributed by atoms with Crippen molar-refractivity contribution in [2.45, 2.75) is 6.92 Å². The van der Waals surface area contributed by atoms with E-state index in [1.165, 1.54) is 0 Å². The number of fused-ring (bicyclic) bond motifs is 1. The molecule has 0 radical (unpaired) electrons. The number of rotatable bonds is 6. The highest BCUT2D eigenvalue weighted by atomic mass is 16.5. The summed E-state index contributed by atoms with van der Waals surface area (Å²) in [4.78, 5) is 21.1. The summed E-state index contributed by atoms with van der Waals surface area (Å²) in [5.41, 5.74) is 3.98. The monoisotopic (exact) mass is 437 g/mol. The molecule has 0 saturated heterocycles. The van der Waals surface area contributed by atoms with Crippen molar-refractivity contribution in [3.63, 3.8) is 0 Å². The molecule has 0 atom stereocenters. The van der Waals surface area contributed by atoms with E-state index in [4.69, 9.17) is 9.84 Å². The van der Waals surface area contributed by atoms with Gasteiger partial charge >= 0.3 is 0 Å². The molecule has 0 fully saturated rings. The zero-order chi connectivity index (χ0) is 22.6. The molecule has 4 heterocycles. The van der Waals surface area contributed by atoms with Gasteiger partial charge < -0.3 is 10.1 Å². The number of ether oxygens (including phenoxy) is 1. The van der Waals surface area contributed by atoms with E-state index in [-0.39, 0.29) is 5.91 Å². The Balaban J connectivity index is 1.45. The third kappa shape index (κ3) is 4.11. The molecule has 1 N–H and O–H groups in total. The van der Waals surface area contributed by atoms with E-state index in [0.29, 0.717) is 40.9 Å². The number of nitrogens with one attached hydrogen (secondary N) is 1. The maximum atomic E-state index is 12.8. The first-order valence-electron chi connectivity index (χ1n) is 10.4. The third-order valence-corrected chi connectivity index (χ3v) is 4.90. The fourth-order valence-corrected chi connectivity index (χ4v) is 3.39. The van der Waals surface area contributed by atoms with Crippen LogP contribution in [0, 0.1) is 0 Å². The lowest BCUT2D eigenvalue weighted by Crippen LogP contribution is -2.14. The van der Waals surface area contributed by atoms with Crippen LogP contribution >= 0.6 is 0 Å². The van der Waals surface area contributed by atoms with Crippen molar-refractivity contribution in [1.82, 2.24) is 29.8 Å². The third-order valence-electron chi connectivity index (χ3n) is 4.90. The van der Waals surface area contributed by atoms with Crippen LogP contribution in [0.15, 0.2) is 79.3 Å². The summed E-state index contributed by atoms with van der Waals surface area (Å²) in [7, 11) is 0. The zero-order valence-corrected chi connectivity index (χ0v) is 17.7. The van der Waals surface area contributed by atoms with Crippen molar-refractivity contribution in [2.24, 2.45) is 0 Å². The van der Waals surface area contributed by atoms with E-state index in [2.05, 4.69) is 25.5 Å². The van der Waals surface area contributed by atoms with Gasteiger partial charge in [-0.3, -0.25) is 9.78 Å². The summed E-state index contributed by atoms with van der Waals surface area (Å²) in [5.74, 6) is 0.602. The lowest BCUT2D eigenvalue weighted by molar-refractivity contribution is 0.102. The van der Waals surface area contributed by atoms with E-state index in [1.807, 2.05) is 55.5 Å². The minimum absolute atomic E-state index is 0.301. The second kappa shape index (κ2) is 8.83. The summed E-state index contributed by atoms with van der Waals surface area (Å²) in [6.45, 7) is 2.27. The number of hydrogen-bond acceptors (Lipinski definition) is 7. The smallest absolute Gasteiger partial charge is 0.261 e. The van der Waals surface area contributed by atoms with Gasteiger partial charge in [0.25, 0.3) is 5.91 Å². The van der Waals surface area contributed by atoms with Crippen molar-refractivity contribution >= 4 is 17.2 Å². The molecule has 162 valence electrons. The van der Waals surface area contributed by atoms with Crippen LogP contribution in [-0.4, -0.2) is 42.3 Å². The van der Waals surface area contributed by atoms with E-state index in [1.54, 1.807) is 35.2 Å². The van der Waals surface area contributed by atoms with E-state index in [9.17, 15) is 4.79 Å². The highest BCUT2D eigenvalue weighted by Gasteiger charge is 2.15.